The minimum atomic E-state index is -1.02. The Morgan fingerprint density at radius 2 is 2.06 bits per heavy atom. The van der Waals surface area contributed by atoms with Gasteiger partial charge in [0.15, 0.2) is 0 Å². The van der Waals surface area contributed by atoms with Crippen molar-refractivity contribution in [1.29, 1.82) is 0 Å². The molecule has 3 aliphatic heterocycles. The molecule has 6 heteroatoms. The first-order valence-electron chi connectivity index (χ1n) is 13.0. The van der Waals surface area contributed by atoms with Gasteiger partial charge in [-0.2, -0.15) is 0 Å². The fourth-order valence-corrected chi connectivity index (χ4v) is 4.91. The minimum Gasteiger partial charge on any atom is -0.456 e. The molecule has 0 aromatic heterocycles. The first kappa shape index (κ1) is 26.6. The fourth-order valence-electron chi connectivity index (χ4n) is 4.91. The van der Waals surface area contributed by atoms with Gasteiger partial charge in [0.1, 0.15) is 18.3 Å². The predicted octanol–water partition coefficient (Wildman–Crippen LogP) is 4.59. The number of carbonyl (C=O) groups is 1. The van der Waals surface area contributed by atoms with Crippen molar-refractivity contribution >= 4 is 12.0 Å². The molecule has 3 aliphatic rings. The zero-order valence-electron chi connectivity index (χ0n) is 21.0. The number of fused-ring (bicyclic) bond motifs is 3. The van der Waals surface area contributed by atoms with Crippen LogP contribution in [-0.2, 0) is 19.0 Å². The predicted molar refractivity (Wildman–Crippen MR) is 139 cm³/mol. The van der Waals surface area contributed by atoms with Gasteiger partial charge in [0, 0.05) is 12.5 Å². The number of epoxide rings is 1. The largest absolute Gasteiger partial charge is 0.456 e. The van der Waals surface area contributed by atoms with Crippen LogP contribution in [0.5, 0.6) is 0 Å². The van der Waals surface area contributed by atoms with Gasteiger partial charge in [-0.25, -0.2) is 4.79 Å². The summed E-state index contributed by atoms with van der Waals surface area (Å²) >= 11 is 0. The Balaban J connectivity index is 1.46. The third kappa shape index (κ3) is 8.00. The zero-order chi connectivity index (χ0) is 25.5. The molecule has 0 radical (unpaired) electrons. The topological polar surface area (TPSA) is 88.5 Å². The van der Waals surface area contributed by atoms with Gasteiger partial charge in [0.2, 0.25) is 0 Å². The molecule has 0 saturated carbocycles. The molecule has 0 amide bonds. The maximum absolute atomic E-state index is 12.6. The fraction of sp³-hybridized carbons (Fsp3) is 0.500. The monoisotopic (exact) mass is 494 g/mol. The minimum absolute atomic E-state index is 0.0732. The maximum atomic E-state index is 12.6. The van der Waals surface area contributed by atoms with E-state index in [0.717, 1.165) is 42.4 Å². The summed E-state index contributed by atoms with van der Waals surface area (Å²) in [5, 5.41) is 21.6. The van der Waals surface area contributed by atoms with E-state index in [4.69, 9.17) is 14.2 Å². The Kier molecular flexibility index (Phi) is 9.32. The van der Waals surface area contributed by atoms with E-state index in [1.807, 2.05) is 43.3 Å². The highest BCUT2D eigenvalue weighted by Gasteiger charge is 2.46. The molecule has 7 atom stereocenters. The smallest absolute Gasteiger partial charge is 0.330 e. The van der Waals surface area contributed by atoms with Crippen molar-refractivity contribution in [2.45, 2.75) is 94.6 Å². The van der Waals surface area contributed by atoms with Crippen molar-refractivity contribution in [3.8, 4) is 0 Å². The van der Waals surface area contributed by atoms with Crippen molar-refractivity contribution in [2.75, 3.05) is 0 Å². The van der Waals surface area contributed by atoms with Crippen molar-refractivity contribution in [2.24, 2.45) is 0 Å². The van der Waals surface area contributed by atoms with Crippen molar-refractivity contribution in [3.05, 3.63) is 77.9 Å². The zero-order valence-corrected chi connectivity index (χ0v) is 21.0. The lowest BCUT2D eigenvalue weighted by molar-refractivity contribution is -0.147. The van der Waals surface area contributed by atoms with Crippen LogP contribution in [0.25, 0.3) is 6.08 Å². The number of benzene rings is 1. The highest BCUT2D eigenvalue weighted by Crippen LogP contribution is 2.34. The van der Waals surface area contributed by atoms with Crippen LogP contribution in [0.1, 0.15) is 56.1 Å². The van der Waals surface area contributed by atoms with Crippen LogP contribution in [0.3, 0.4) is 0 Å². The molecular formula is C30H38O6. The summed E-state index contributed by atoms with van der Waals surface area (Å²) in [6.07, 6.45) is 12.7. The lowest BCUT2D eigenvalue weighted by Gasteiger charge is -2.25. The summed E-state index contributed by atoms with van der Waals surface area (Å²) in [4.78, 5) is 12.6. The number of aliphatic hydroxyl groups is 2. The van der Waals surface area contributed by atoms with Crippen LogP contribution < -0.4 is 0 Å². The van der Waals surface area contributed by atoms with E-state index < -0.39 is 24.3 Å². The highest BCUT2D eigenvalue weighted by molar-refractivity contribution is 5.82. The molecule has 1 saturated heterocycles. The molecule has 1 aromatic carbocycles. The molecule has 2 N–H and O–H groups in total. The first-order chi connectivity index (χ1) is 17.4. The molecule has 2 bridgehead atoms. The number of esters is 1. The average Bonchev–Trinajstić information content (AvgIpc) is 3.61. The van der Waals surface area contributed by atoms with Crippen LogP contribution >= 0.6 is 0 Å². The number of hydrogen-bond donors (Lipinski definition) is 2. The summed E-state index contributed by atoms with van der Waals surface area (Å²) in [5.74, 6) is -0.522. The standard InChI is InChI=1S/C30H38O6/c1-20-7-3-9-22(17-20)15-16-25(31)27-19-28-30(36-28)26(32)18-21(2)8-4-10-23-11-5-12-24(34-23)13-6-14-29(33)35-27/h3,5-7,9,12,14-17,23-28,30-32H,2,4,8,10-11,13,18-19H2,1H3/b14-6-,16-15+/t23-,24+,25+,26+,27?,28+,30+/m1/s1. The Labute approximate surface area is 214 Å². The second-order valence-electron chi connectivity index (χ2n) is 10.1. The van der Waals surface area contributed by atoms with Crippen LogP contribution in [0.15, 0.2) is 66.8 Å². The van der Waals surface area contributed by atoms with Crippen LogP contribution in [0.2, 0.25) is 0 Å². The molecule has 3 heterocycles. The summed E-state index contributed by atoms with van der Waals surface area (Å²) in [7, 11) is 0. The number of aryl methyl sites for hydroxylation is 1. The second-order valence-corrected chi connectivity index (χ2v) is 10.1. The Morgan fingerprint density at radius 3 is 2.89 bits per heavy atom. The maximum Gasteiger partial charge on any atom is 0.330 e. The van der Waals surface area contributed by atoms with E-state index in [2.05, 4.69) is 12.7 Å². The normalized spacial score (nSPS) is 33.8. The molecular weight excluding hydrogens is 456 g/mol. The quantitative estimate of drug-likeness (QED) is 0.363. The van der Waals surface area contributed by atoms with Gasteiger partial charge in [-0.15, -0.1) is 0 Å². The van der Waals surface area contributed by atoms with Crippen molar-refractivity contribution < 1.29 is 29.2 Å². The molecule has 36 heavy (non-hydrogen) atoms. The second kappa shape index (κ2) is 12.6. The lowest BCUT2D eigenvalue weighted by Crippen LogP contribution is -2.32. The molecule has 6 nitrogen and oxygen atoms in total. The van der Waals surface area contributed by atoms with E-state index in [-0.39, 0.29) is 24.4 Å². The van der Waals surface area contributed by atoms with Crippen LogP contribution in [0, 0.1) is 6.92 Å². The molecule has 1 unspecified atom stereocenters. The van der Waals surface area contributed by atoms with Crippen molar-refractivity contribution in [1.82, 2.24) is 0 Å². The van der Waals surface area contributed by atoms with Gasteiger partial charge in [-0.05, 0) is 51.0 Å². The van der Waals surface area contributed by atoms with E-state index in [9.17, 15) is 15.0 Å². The van der Waals surface area contributed by atoms with Gasteiger partial charge < -0.3 is 24.4 Å². The lowest BCUT2D eigenvalue weighted by atomic mass is 9.97. The number of carbonyl (C=O) groups excluding carboxylic acids is 1. The van der Waals surface area contributed by atoms with E-state index in [0.29, 0.717) is 19.3 Å². The van der Waals surface area contributed by atoms with Gasteiger partial charge in [-0.3, -0.25) is 0 Å². The SMILES string of the molecule is C=C1CCC[C@@H]2CC=C[C@@H](C/C=C\C(=O)OC([C@@H](O)/C=C/c3cccc(C)c3)C[C@@H]3O[C@H]3[C@@H](O)C1)O2. The Morgan fingerprint density at radius 1 is 1.19 bits per heavy atom. The molecule has 194 valence electrons. The number of ether oxygens (including phenoxy) is 3. The highest BCUT2D eigenvalue weighted by atomic mass is 16.6. The first-order valence-corrected chi connectivity index (χ1v) is 13.0. The molecule has 0 spiro atoms. The third-order valence-electron chi connectivity index (χ3n) is 6.94. The molecule has 1 fully saturated rings. The number of aliphatic hydroxyl groups excluding tert-OH is 2. The molecule has 1 aromatic rings. The van der Waals surface area contributed by atoms with Crippen LogP contribution in [0.4, 0.5) is 0 Å². The van der Waals surface area contributed by atoms with E-state index >= 15 is 0 Å². The summed E-state index contributed by atoms with van der Waals surface area (Å²) in [6.45, 7) is 6.15. The van der Waals surface area contributed by atoms with E-state index in [1.165, 1.54) is 6.08 Å². The Bertz CT molecular complexity index is 995. The summed E-state index contributed by atoms with van der Waals surface area (Å²) in [6, 6.07) is 7.92. The van der Waals surface area contributed by atoms with E-state index in [1.54, 1.807) is 12.2 Å². The number of hydrogen-bond acceptors (Lipinski definition) is 6. The molecule has 0 aliphatic carbocycles. The molecule has 4 rings (SSSR count). The number of rotatable bonds is 3. The van der Waals surface area contributed by atoms with Crippen molar-refractivity contribution in [3.63, 3.8) is 0 Å². The Hall–Kier alpha value is -2.51. The van der Waals surface area contributed by atoms with Crippen LogP contribution in [-0.4, -0.2) is 58.9 Å². The summed E-state index contributed by atoms with van der Waals surface area (Å²) in [5.41, 5.74) is 3.06. The van der Waals surface area contributed by atoms with Gasteiger partial charge in [-0.1, -0.05) is 72.4 Å². The summed E-state index contributed by atoms with van der Waals surface area (Å²) < 4.78 is 17.5. The van der Waals surface area contributed by atoms with Gasteiger partial charge in [0.05, 0.1) is 24.4 Å². The van der Waals surface area contributed by atoms with Gasteiger partial charge >= 0.3 is 5.97 Å². The van der Waals surface area contributed by atoms with Gasteiger partial charge in [0.25, 0.3) is 0 Å². The third-order valence-corrected chi connectivity index (χ3v) is 6.94. The average molecular weight is 495 g/mol. The number of cyclic esters (lactones) is 1.